The largest absolute Gasteiger partial charge is 0.314 e. The van der Waals surface area contributed by atoms with Crippen LogP contribution in [0.4, 0.5) is 0 Å². The topological polar surface area (TPSA) is 15.3 Å². The molecule has 1 saturated heterocycles. The SMILES string of the molecule is c1ccc(CC2CNCCN2C2CCCCC2)cc1. The van der Waals surface area contributed by atoms with Crippen LogP contribution in [-0.2, 0) is 6.42 Å². The van der Waals surface area contributed by atoms with Crippen LogP contribution in [0.2, 0.25) is 0 Å². The van der Waals surface area contributed by atoms with Gasteiger partial charge < -0.3 is 5.32 Å². The monoisotopic (exact) mass is 258 g/mol. The first-order valence-electron chi connectivity index (χ1n) is 7.94. The van der Waals surface area contributed by atoms with Crippen LogP contribution in [0.5, 0.6) is 0 Å². The van der Waals surface area contributed by atoms with Gasteiger partial charge in [-0.1, -0.05) is 49.6 Å². The van der Waals surface area contributed by atoms with Crippen molar-refractivity contribution < 1.29 is 0 Å². The summed E-state index contributed by atoms with van der Waals surface area (Å²) in [5.41, 5.74) is 1.48. The lowest BCUT2D eigenvalue weighted by Gasteiger charge is -2.43. The van der Waals surface area contributed by atoms with Crippen molar-refractivity contribution in [1.29, 1.82) is 0 Å². The zero-order valence-corrected chi connectivity index (χ0v) is 11.9. The minimum Gasteiger partial charge on any atom is -0.314 e. The zero-order valence-electron chi connectivity index (χ0n) is 11.9. The van der Waals surface area contributed by atoms with Crippen LogP contribution in [0.1, 0.15) is 37.7 Å². The fraction of sp³-hybridized carbons (Fsp3) is 0.647. The highest BCUT2D eigenvalue weighted by atomic mass is 15.2. The molecule has 1 aliphatic heterocycles. The number of hydrogen-bond donors (Lipinski definition) is 1. The highest BCUT2D eigenvalue weighted by molar-refractivity contribution is 5.16. The summed E-state index contributed by atoms with van der Waals surface area (Å²) >= 11 is 0. The van der Waals surface area contributed by atoms with E-state index >= 15 is 0 Å². The fourth-order valence-electron chi connectivity index (χ4n) is 3.75. The van der Waals surface area contributed by atoms with Crippen LogP contribution in [-0.4, -0.2) is 36.6 Å². The molecule has 1 saturated carbocycles. The summed E-state index contributed by atoms with van der Waals surface area (Å²) in [5.74, 6) is 0. The average Bonchev–Trinajstić information content (AvgIpc) is 2.50. The summed E-state index contributed by atoms with van der Waals surface area (Å²) in [6, 6.07) is 12.5. The summed E-state index contributed by atoms with van der Waals surface area (Å²) in [6.45, 7) is 3.56. The van der Waals surface area contributed by atoms with E-state index in [1.54, 1.807) is 0 Å². The number of rotatable bonds is 3. The summed E-state index contributed by atoms with van der Waals surface area (Å²) in [5, 5.41) is 3.58. The van der Waals surface area contributed by atoms with E-state index in [1.807, 2.05) is 0 Å². The zero-order chi connectivity index (χ0) is 12.9. The van der Waals surface area contributed by atoms with Gasteiger partial charge >= 0.3 is 0 Å². The minimum absolute atomic E-state index is 0.694. The summed E-state index contributed by atoms with van der Waals surface area (Å²) in [4.78, 5) is 2.81. The number of piperazine rings is 1. The third kappa shape index (κ3) is 3.37. The van der Waals surface area contributed by atoms with Gasteiger partial charge in [0.2, 0.25) is 0 Å². The molecular formula is C17H26N2. The van der Waals surface area contributed by atoms with E-state index in [2.05, 4.69) is 40.5 Å². The van der Waals surface area contributed by atoms with Crippen LogP contribution < -0.4 is 5.32 Å². The van der Waals surface area contributed by atoms with E-state index < -0.39 is 0 Å². The van der Waals surface area contributed by atoms with Gasteiger partial charge in [-0.05, 0) is 24.8 Å². The molecule has 2 heteroatoms. The van der Waals surface area contributed by atoms with Gasteiger partial charge in [-0.3, -0.25) is 4.90 Å². The lowest BCUT2D eigenvalue weighted by Crippen LogP contribution is -2.56. The molecule has 1 heterocycles. The maximum Gasteiger partial charge on any atom is 0.0264 e. The molecule has 0 radical (unpaired) electrons. The summed E-state index contributed by atoms with van der Waals surface area (Å²) in [7, 11) is 0. The third-order valence-corrected chi connectivity index (χ3v) is 4.75. The molecule has 104 valence electrons. The van der Waals surface area contributed by atoms with Crippen molar-refractivity contribution in [3.8, 4) is 0 Å². The Kier molecular flexibility index (Phi) is 4.52. The predicted octanol–water partition coefficient (Wildman–Crippen LogP) is 2.84. The summed E-state index contributed by atoms with van der Waals surface area (Å²) in [6.07, 6.45) is 8.37. The van der Waals surface area contributed by atoms with Gasteiger partial charge in [0.05, 0.1) is 0 Å². The van der Waals surface area contributed by atoms with Crippen molar-refractivity contribution >= 4 is 0 Å². The Hall–Kier alpha value is -0.860. The molecule has 2 fully saturated rings. The van der Waals surface area contributed by atoms with Crippen LogP contribution >= 0.6 is 0 Å². The quantitative estimate of drug-likeness (QED) is 0.897. The first-order valence-corrected chi connectivity index (χ1v) is 7.94. The molecule has 19 heavy (non-hydrogen) atoms. The second kappa shape index (κ2) is 6.53. The highest BCUT2D eigenvalue weighted by Crippen LogP contribution is 2.25. The smallest absolute Gasteiger partial charge is 0.0264 e. The van der Waals surface area contributed by atoms with Crippen molar-refractivity contribution in [2.24, 2.45) is 0 Å². The maximum atomic E-state index is 3.58. The number of hydrogen-bond acceptors (Lipinski definition) is 2. The van der Waals surface area contributed by atoms with Crippen molar-refractivity contribution in [3.63, 3.8) is 0 Å². The van der Waals surface area contributed by atoms with Crippen LogP contribution in [0.15, 0.2) is 30.3 Å². The molecule has 1 aromatic rings. The van der Waals surface area contributed by atoms with Gasteiger partial charge in [0.1, 0.15) is 0 Å². The first kappa shape index (κ1) is 13.1. The molecule has 2 aliphatic rings. The van der Waals surface area contributed by atoms with Crippen LogP contribution in [0.3, 0.4) is 0 Å². The van der Waals surface area contributed by atoms with Gasteiger partial charge in [0.25, 0.3) is 0 Å². The molecule has 0 amide bonds. The lowest BCUT2D eigenvalue weighted by molar-refractivity contribution is 0.0821. The van der Waals surface area contributed by atoms with E-state index in [0.717, 1.165) is 12.6 Å². The standard InChI is InChI=1S/C17H26N2/c1-3-7-15(8-4-1)13-17-14-18-11-12-19(17)16-9-5-2-6-10-16/h1,3-4,7-8,16-18H,2,5-6,9-14H2. The minimum atomic E-state index is 0.694. The molecular weight excluding hydrogens is 232 g/mol. The third-order valence-electron chi connectivity index (χ3n) is 4.75. The molecule has 2 nitrogen and oxygen atoms in total. The Balaban J connectivity index is 1.66. The molecule has 1 aliphatic carbocycles. The predicted molar refractivity (Wildman–Crippen MR) is 80.4 cm³/mol. The Morgan fingerprint density at radius 1 is 1.05 bits per heavy atom. The molecule has 1 unspecified atom stereocenters. The number of nitrogens with one attached hydrogen (secondary N) is 1. The van der Waals surface area contributed by atoms with Crippen molar-refractivity contribution in [2.45, 2.75) is 50.6 Å². The lowest BCUT2D eigenvalue weighted by atomic mass is 9.91. The van der Waals surface area contributed by atoms with Gasteiger partial charge in [0.15, 0.2) is 0 Å². The van der Waals surface area contributed by atoms with Gasteiger partial charge in [-0.2, -0.15) is 0 Å². The average molecular weight is 258 g/mol. The second-order valence-electron chi connectivity index (χ2n) is 6.08. The second-order valence-corrected chi connectivity index (χ2v) is 6.08. The van der Waals surface area contributed by atoms with Crippen molar-refractivity contribution in [3.05, 3.63) is 35.9 Å². The molecule has 1 N–H and O–H groups in total. The molecule has 0 spiro atoms. The Bertz CT molecular complexity index is 370. The van der Waals surface area contributed by atoms with Crippen LogP contribution in [0, 0.1) is 0 Å². The van der Waals surface area contributed by atoms with E-state index in [9.17, 15) is 0 Å². The molecule has 0 aromatic heterocycles. The van der Waals surface area contributed by atoms with Gasteiger partial charge in [-0.25, -0.2) is 0 Å². The number of benzene rings is 1. The Labute approximate surface area is 117 Å². The summed E-state index contributed by atoms with van der Waals surface area (Å²) < 4.78 is 0. The molecule has 0 bridgehead atoms. The Morgan fingerprint density at radius 2 is 1.84 bits per heavy atom. The van der Waals surface area contributed by atoms with E-state index in [4.69, 9.17) is 0 Å². The van der Waals surface area contributed by atoms with E-state index in [1.165, 1.54) is 57.2 Å². The fourth-order valence-corrected chi connectivity index (χ4v) is 3.75. The van der Waals surface area contributed by atoms with Gasteiger partial charge in [0, 0.05) is 31.7 Å². The maximum absolute atomic E-state index is 3.58. The normalized spacial score (nSPS) is 26.4. The van der Waals surface area contributed by atoms with Crippen LogP contribution in [0.25, 0.3) is 0 Å². The van der Waals surface area contributed by atoms with Gasteiger partial charge in [-0.15, -0.1) is 0 Å². The molecule has 1 aromatic carbocycles. The Morgan fingerprint density at radius 3 is 2.63 bits per heavy atom. The molecule has 1 atom stereocenters. The van der Waals surface area contributed by atoms with E-state index in [0.29, 0.717) is 6.04 Å². The molecule has 3 rings (SSSR count). The highest BCUT2D eigenvalue weighted by Gasteiger charge is 2.29. The van der Waals surface area contributed by atoms with E-state index in [-0.39, 0.29) is 0 Å². The van der Waals surface area contributed by atoms with Crippen molar-refractivity contribution in [1.82, 2.24) is 10.2 Å². The number of nitrogens with zero attached hydrogens (tertiary/aromatic N) is 1. The first-order chi connectivity index (χ1) is 9.43. The van der Waals surface area contributed by atoms with Crippen molar-refractivity contribution in [2.75, 3.05) is 19.6 Å².